The van der Waals surface area contributed by atoms with Gasteiger partial charge in [-0.15, -0.1) is 9.94 Å². The van der Waals surface area contributed by atoms with Crippen molar-refractivity contribution in [3.05, 3.63) is 48.1 Å². The predicted molar refractivity (Wildman–Crippen MR) is 88.9 cm³/mol. The monoisotopic (exact) mass is 360 g/mol. The highest BCUT2D eigenvalue weighted by molar-refractivity contribution is 5.99. The van der Waals surface area contributed by atoms with Crippen LogP contribution in [0.2, 0.25) is 0 Å². The van der Waals surface area contributed by atoms with E-state index in [1.54, 1.807) is 12.1 Å². The van der Waals surface area contributed by atoms with Crippen LogP contribution in [-0.2, 0) is 9.47 Å². The number of carbonyl (C=O) groups is 1. The molecule has 136 valence electrons. The zero-order chi connectivity index (χ0) is 18.7. The highest BCUT2D eigenvalue weighted by Crippen LogP contribution is 2.31. The minimum Gasteiger partial charge on any atom is -0.482 e. The van der Waals surface area contributed by atoms with E-state index in [1.807, 2.05) is 0 Å². The zero-order valence-electron chi connectivity index (χ0n) is 13.9. The second-order valence-corrected chi connectivity index (χ2v) is 5.13. The summed E-state index contributed by atoms with van der Waals surface area (Å²) in [6.07, 6.45) is 3.22. The number of hydrogen-bond donors (Lipinski definition) is 3. The topological polar surface area (TPSA) is 127 Å². The minimum absolute atomic E-state index is 0.0785. The third-order valence-corrected chi connectivity index (χ3v) is 3.55. The minimum atomic E-state index is -1.20. The smallest absolute Gasteiger partial charge is 0.340 e. The van der Waals surface area contributed by atoms with Gasteiger partial charge in [0.25, 0.3) is 6.35 Å². The summed E-state index contributed by atoms with van der Waals surface area (Å²) in [4.78, 5) is 16.6. The van der Waals surface area contributed by atoms with E-state index in [1.165, 1.54) is 38.8 Å². The number of aromatic carboxylic acids is 1. The van der Waals surface area contributed by atoms with Crippen molar-refractivity contribution in [1.29, 1.82) is 0 Å². The van der Waals surface area contributed by atoms with Crippen molar-refractivity contribution in [2.45, 2.75) is 6.35 Å². The number of carboxylic acid groups (broad SMARTS) is 1. The molecule has 1 aromatic carbocycles. The van der Waals surface area contributed by atoms with E-state index >= 15 is 0 Å². The maximum atomic E-state index is 11.8. The van der Waals surface area contributed by atoms with Gasteiger partial charge in [0.1, 0.15) is 11.3 Å². The number of methoxy groups -OCH3 is 2. The molecule has 0 spiro atoms. The van der Waals surface area contributed by atoms with Gasteiger partial charge in [0.15, 0.2) is 5.88 Å². The van der Waals surface area contributed by atoms with Gasteiger partial charge in [0.2, 0.25) is 5.90 Å². The maximum Gasteiger partial charge on any atom is 0.340 e. The van der Waals surface area contributed by atoms with Crippen LogP contribution in [0.1, 0.15) is 10.4 Å². The molecule has 10 heteroatoms. The number of aromatic nitrogens is 2. The van der Waals surface area contributed by atoms with Crippen LogP contribution < -0.4 is 10.1 Å². The Morgan fingerprint density at radius 2 is 2.12 bits per heavy atom. The Hall–Kier alpha value is -3.69. The molecule has 1 aromatic heterocycles. The quantitative estimate of drug-likeness (QED) is 0.681. The molecule has 0 amide bonds. The molecule has 26 heavy (non-hydrogen) atoms. The number of rotatable bonds is 5. The fraction of sp³-hybridized carbons (Fsp3) is 0.188. The van der Waals surface area contributed by atoms with E-state index in [0.717, 1.165) is 0 Å². The Balaban J connectivity index is 1.97. The first kappa shape index (κ1) is 17.1. The van der Waals surface area contributed by atoms with Gasteiger partial charge in [-0.25, -0.2) is 4.79 Å². The summed E-state index contributed by atoms with van der Waals surface area (Å²) < 4.78 is 15.9. The molecule has 1 unspecified atom stereocenters. The molecule has 1 aliphatic heterocycles. The van der Waals surface area contributed by atoms with Gasteiger partial charge in [-0.1, -0.05) is 12.1 Å². The van der Waals surface area contributed by atoms with Crippen molar-refractivity contribution in [3.63, 3.8) is 0 Å². The summed E-state index contributed by atoms with van der Waals surface area (Å²) in [7, 11) is 2.91. The summed E-state index contributed by atoms with van der Waals surface area (Å²) >= 11 is 0. The molecule has 3 rings (SSSR count). The van der Waals surface area contributed by atoms with Crippen LogP contribution in [0.5, 0.6) is 5.75 Å². The molecule has 0 fully saturated rings. The van der Waals surface area contributed by atoms with E-state index in [2.05, 4.69) is 15.4 Å². The Labute approximate surface area is 147 Å². The molecule has 1 atom stereocenters. The average Bonchev–Trinajstić information content (AvgIpc) is 3.07. The van der Waals surface area contributed by atoms with E-state index in [-0.39, 0.29) is 17.2 Å². The molecule has 0 saturated carbocycles. The fourth-order valence-corrected chi connectivity index (χ4v) is 2.41. The lowest BCUT2D eigenvalue weighted by molar-refractivity contribution is 0.0687. The third-order valence-electron chi connectivity index (χ3n) is 3.55. The Morgan fingerprint density at radius 1 is 1.31 bits per heavy atom. The molecule has 0 saturated heterocycles. The summed E-state index contributed by atoms with van der Waals surface area (Å²) in [6, 6.07) is 4.72. The third kappa shape index (κ3) is 3.38. The molecule has 2 aromatic rings. The van der Waals surface area contributed by atoms with E-state index in [9.17, 15) is 15.1 Å². The summed E-state index contributed by atoms with van der Waals surface area (Å²) in [6.45, 7) is 0. The normalized spacial score (nSPS) is 16.2. The van der Waals surface area contributed by atoms with Crippen molar-refractivity contribution in [1.82, 2.24) is 15.3 Å². The van der Waals surface area contributed by atoms with Crippen molar-refractivity contribution < 1.29 is 29.3 Å². The highest BCUT2D eigenvalue weighted by atomic mass is 16.5. The van der Waals surface area contributed by atoms with Gasteiger partial charge in [-0.3, -0.25) is 0 Å². The zero-order valence-corrected chi connectivity index (χ0v) is 13.9. The van der Waals surface area contributed by atoms with Crippen LogP contribution in [0.4, 0.5) is 0 Å². The largest absolute Gasteiger partial charge is 0.482 e. The van der Waals surface area contributed by atoms with Crippen LogP contribution in [0, 0.1) is 0 Å². The SMILES string of the molecule is COC1=CC(OC)=NC(Oc2cccc(-c3cnn(O)c3)c2C(=O)O)N1. The molecular weight excluding hydrogens is 344 g/mol. The number of aliphatic imine (C=N–C) groups is 1. The number of nitrogens with zero attached hydrogens (tertiary/aromatic N) is 3. The van der Waals surface area contributed by atoms with Crippen LogP contribution in [0.25, 0.3) is 11.1 Å². The fourth-order valence-electron chi connectivity index (χ4n) is 2.41. The number of carboxylic acids is 1. The lowest BCUT2D eigenvalue weighted by atomic mass is 10.0. The van der Waals surface area contributed by atoms with Crippen molar-refractivity contribution in [2.24, 2.45) is 4.99 Å². The van der Waals surface area contributed by atoms with Gasteiger partial charge >= 0.3 is 5.97 Å². The van der Waals surface area contributed by atoms with Gasteiger partial charge in [0, 0.05) is 11.1 Å². The van der Waals surface area contributed by atoms with E-state index < -0.39 is 12.3 Å². The second kappa shape index (κ2) is 7.05. The van der Waals surface area contributed by atoms with Crippen molar-refractivity contribution in [3.8, 4) is 16.9 Å². The predicted octanol–water partition coefficient (Wildman–Crippen LogP) is 1.28. The van der Waals surface area contributed by atoms with Crippen LogP contribution in [-0.4, -0.2) is 52.7 Å². The first-order chi connectivity index (χ1) is 12.5. The van der Waals surface area contributed by atoms with Crippen molar-refractivity contribution in [2.75, 3.05) is 14.2 Å². The molecule has 10 nitrogen and oxygen atoms in total. The van der Waals surface area contributed by atoms with E-state index in [0.29, 0.717) is 21.9 Å². The maximum absolute atomic E-state index is 11.8. The molecule has 0 radical (unpaired) electrons. The van der Waals surface area contributed by atoms with Crippen LogP contribution >= 0.6 is 0 Å². The first-order valence-electron chi connectivity index (χ1n) is 7.43. The molecular formula is C16H16N4O6. The molecule has 0 aliphatic carbocycles. The van der Waals surface area contributed by atoms with Gasteiger partial charge < -0.3 is 29.8 Å². The van der Waals surface area contributed by atoms with Gasteiger partial charge in [-0.05, 0) is 6.07 Å². The first-order valence-corrected chi connectivity index (χ1v) is 7.43. The highest BCUT2D eigenvalue weighted by Gasteiger charge is 2.24. The van der Waals surface area contributed by atoms with Crippen LogP contribution in [0.3, 0.4) is 0 Å². The molecule has 3 N–H and O–H groups in total. The molecule has 0 bridgehead atoms. The molecule has 2 heterocycles. The Kier molecular flexibility index (Phi) is 4.65. The standard InChI is InChI=1S/C16H16N4O6/c1-24-12-6-13(25-2)19-16(18-12)26-11-5-3-4-10(14(11)15(21)22)9-7-17-20(23)8-9/h3-8,16,18,23H,1-2H3,(H,21,22). The van der Waals surface area contributed by atoms with Gasteiger partial charge in [-0.2, -0.15) is 4.99 Å². The average molecular weight is 360 g/mol. The Bertz CT molecular complexity index is 889. The molecule has 1 aliphatic rings. The summed E-state index contributed by atoms with van der Waals surface area (Å²) in [5.74, 6) is -0.498. The summed E-state index contributed by atoms with van der Waals surface area (Å²) in [5.41, 5.74) is 0.667. The number of hydrogen-bond acceptors (Lipinski definition) is 8. The lowest BCUT2D eigenvalue weighted by Crippen LogP contribution is -2.37. The van der Waals surface area contributed by atoms with Crippen molar-refractivity contribution >= 4 is 11.9 Å². The summed E-state index contributed by atoms with van der Waals surface area (Å²) in [5, 5.41) is 25.5. The van der Waals surface area contributed by atoms with E-state index in [4.69, 9.17) is 14.2 Å². The van der Waals surface area contributed by atoms with Gasteiger partial charge in [0.05, 0.1) is 32.7 Å². The number of ether oxygens (including phenoxy) is 3. The second-order valence-electron chi connectivity index (χ2n) is 5.13. The lowest BCUT2D eigenvalue weighted by Gasteiger charge is -2.23. The number of benzene rings is 1. The Morgan fingerprint density at radius 3 is 2.73 bits per heavy atom. The number of nitrogens with one attached hydrogen (secondary N) is 1. The van der Waals surface area contributed by atoms with Crippen LogP contribution in [0.15, 0.2) is 47.5 Å².